The summed E-state index contributed by atoms with van der Waals surface area (Å²) in [6.45, 7) is 4.65. The van der Waals surface area contributed by atoms with E-state index in [2.05, 4.69) is 58.3 Å². The molecule has 2 aliphatic rings. The van der Waals surface area contributed by atoms with Crippen molar-refractivity contribution in [2.24, 2.45) is 0 Å². The third kappa shape index (κ3) is 4.43. The first-order chi connectivity index (χ1) is 19.3. The highest BCUT2D eigenvalue weighted by Crippen LogP contribution is 2.38. The van der Waals surface area contributed by atoms with Crippen molar-refractivity contribution >= 4 is 24.1 Å². The van der Waals surface area contributed by atoms with Crippen LogP contribution < -0.4 is 16.1 Å². The normalized spacial score (nSPS) is 17.8. The minimum Gasteiger partial charge on any atom is -0.480 e. The second-order valence-corrected chi connectivity index (χ2v) is 10.3. The zero-order valence-electron chi connectivity index (χ0n) is 22.3. The van der Waals surface area contributed by atoms with Gasteiger partial charge in [-0.2, -0.15) is 4.98 Å². The number of hydrogen-bond donors (Lipinski definition) is 2. The molecule has 40 heavy (non-hydrogen) atoms. The van der Waals surface area contributed by atoms with Crippen molar-refractivity contribution < 1.29 is 9.90 Å². The number of nitrogens with zero attached hydrogens (tertiary/aromatic N) is 4. The summed E-state index contributed by atoms with van der Waals surface area (Å²) < 4.78 is 1.31. The molecule has 0 amide bonds. The molecule has 9 nitrogen and oxygen atoms in total. The van der Waals surface area contributed by atoms with E-state index in [0.717, 1.165) is 34.2 Å². The molecule has 6 rings (SSSR count). The van der Waals surface area contributed by atoms with Crippen molar-refractivity contribution in [1.82, 2.24) is 19.5 Å². The average Bonchev–Trinajstić information content (AvgIpc) is 3.39. The maximum absolute atomic E-state index is 13.4. The lowest BCUT2D eigenvalue weighted by Crippen LogP contribution is -2.37. The van der Waals surface area contributed by atoms with Gasteiger partial charge in [0.05, 0.1) is 0 Å². The fourth-order valence-corrected chi connectivity index (χ4v) is 5.77. The van der Waals surface area contributed by atoms with Crippen LogP contribution in [0.2, 0.25) is 0 Å². The molecule has 0 radical (unpaired) electrons. The maximum Gasteiger partial charge on any atom is 0.334 e. The topological polar surface area (TPSA) is 121 Å². The number of aryl methyl sites for hydroxylation is 2. The van der Waals surface area contributed by atoms with E-state index in [9.17, 15) is 19.5 Å². The SMILES string of the molecule is CCc1ccc2c(c1)C=Cc1cc(C)ccc1C2c1cn(-c2ccnc(N3CCC[C@H]3C(=O)O)n2)c(=O)[nH]c1=O. The molecule has 2 atom stereocenters. The Hall–Kier alpha value is -4.79. The number of aliphatic carboxylic acids is 1. The van der Waals surface area contributed by atoms with Gasteiger partial charge < -0.3 is 10.0 Å². The smallest absolute Gasteiger partial charge is 0.334 e. The highest BCUT2D eigenvalue weighted by atomic mass is 16.4. The van der Waals surface area contributed by atoms with Gasteiger partial charge in [-0.05, 0) is 54.0 Å². The number of nitrogens with one attached hydrogen (secondary N) is 1. The molecular weight excluding hydrogens is 506 g/mol. The van der Waals surface area contributed by atoms with Crippen molar-refractivity contribution in [2.45, 2.75) is 45.1 Å². The summed E-state index contributed by atoms with van der Waals surface area (Å²) in [5.41, 5.74) is 5.57. The fourth-order valence-electron chi connectivity index (χ4n) is 5.77. The van der Waals surface area contributed by atoms with Crippen molar-refractivity contribution in [3.05, 3.63) is 115 Å². The molecule has 1 saturated heterocycles. The molecule has 4 aromatic rings. The number of carbonyl (C=O) groups is 1. The number of anilines is 1. The molecule has 0 saturated carbocycles. The van der Waals surface area contributed by atoms with Crippen LogP contribution in [0.4, 0.5) is 5.95 Å². The van der Waals surface area contributed by atoms with Crippen molar-refractivity contribution in [3.63, 3.8) is 0 Å². The van der Waals surface area contributed by atoms with Gasteiger partial charge in [0.2, 0.25) is 5.95 Å². The molecule has 2 aromatic carbocycles. The lowest BCUT2D eigenvalue weighted by molar-refractivity contribution is -0.138. The summed E-state index contributed by atoms with van der Waals surface area (Å²) in [4.78, 5) is 51.3. The second-order valence-electron chi connectivity index (χ2n) is 10.3. The van der Waals surface area contributed by atoms with Crippen LogP contribution in [0.5, 0.6) is 0 Å². The Balaban J connectivity index is 1.52. The number of rotatable bonds is 5. The number of aromatic nitrogens is 4. The van der Waals surface area contributed by atoms with Crippen LogP contribution in [-0.4, -0.2) is 43.2 Å². The molecular formula is C31H29N5O4. The largest absolute Gasteiger partial charge is 0.480 e. The molecule has 2 aromatic heterocycles. The van der Waals surface area contributed by atoms with E-state index in [0.29, 0.717) is 24.9 Å². The first-order valence-electron chi connectivity index (χ1n) is 13.4. The third-order valence-electron chi connectivity index (χ3n) is 7.82. The van der Waals surface area contributed by atoms with E-state index in [1.54, 1.807) is 17.2 Å². The number of carboxylic acids is 1. The number of hydrogen-bond acceptors (Lipinski definition) is 6. The summed E-state index contributed by atoms with van der Waals surface area (Å²) in [7, 11) is 0. The molecule has 9 heteroatoms. The molecule has 2 N–H and O–H groups in total. The monoisotopic (exact) mass is 535 g/mol. The van der Waals surface area contributed by atoms with Gasteiger partial charge in [-0.1, -0.05) is 61.0 Å². The summed E-state index contributed by atoms with van der Waals surface area (Å²) in [6.07, 6.45) is 9.32. The minimum atomic E-state index is -0.934. The molecule has 0 bridgehead atoms. The molecule has 202 valence electrons. The number of carboxylic acid groups (broad SMARTS) is 1. The number of benzene rings is 2. The maximum atomic E-state index is 13.4. The quantitative estimate of drug-likeness (QED) is 0.350. The Morgan fingerprint density at radius 2 is 1.80 bits per heavy atom. The van der Waals surface area contributed by atoms with Crippen LogP contribution in [-0.2, 0) is 11.2 Å². The Labute approximate surface area is 230 Å². The van der Waals surface area contributed by atoms with E-state index in [1.165, 1.54) is 16.3 Å². The Bertz CT molecular complexity index is 1790. The zero-order chi connectivity index (χ0) is 28.0. The van der Waals surface area contributed by atoms with Crippen molar-refractivity contribution in [2.75, 3.05) is 11.4 Å². The molecule has 3 heterocycles. The van der Waals surface area contributed by atoms with Gasteiger partial charge in [-0.25, -0.2) is 14.6 Å². The zero-order valence-corrected chi connectivity index (χ0v) is 22.3. The molecule has 0 spiro atoms. The van der Waals surface area contributed by atoms with Crippen molar-refractivity contribution in [3.8, 4) is 5.82 Å². The Morgan fingerprint density at radius 1 is 1.05 bits per heavy atom. The Kier molecular flexibility index (Phi) is 6.42. The van der Waals surface area contributed by atoms with Crippen LogP contribution in [0.15, 0.2) is 64.4 Å². The third-order valence-corrected chi connectivity index (χ3v) is 7.82. The summed E-state index contributed by atoms with van der Waals surface area (Å²) in [5, 5.41) is 9.62. The summed E-state index contributed by atoms with van der Waals surface area (Å²) in [6, 6.07) is 13.3. The van der Waals surface area contributed by atoms with Gasteiger partial charge in [0.25, 0.3) is 5.56 Å². The predicted octanol–water partition coefficient (Wildman–Crippen LogP) is 3.90. The number of aromatic amines is 1. The van der Waals surface area contributed by atoms with Gasteiger partial charge in [-0.15, -0.1) is 0 Å². The lowest BCUT2D eigenvalue weighted by atomic mass is 9.82. The van der Waals surface area contributed by atoms with Gasteiger partial charge >= 0.3 is 11.7 Å². The van der Waals surface area contributed by atoms with Crippen LogP contribution in [0.25, 0.3) is 18.0 Å². The average molecular weight is 536 g/mol. The van der Waals surface area contributed by atoms with E-state index >= 15 is 0 Å². The van der Waals surface area contributed by atoms with Crippen LogP contribution >= 0.6 is 0 Å². The van der Waals surface area contributed by atoms with Crippen LogP contribution in [0.1, 0.15) is 64.6 Å². The van der Waals surface area contributed by atoms with Gasteiger partial charge in [0, 0.05) is 36.5 Å². The molecule has 1 aliphatic carbocycles. The highest BCUT2D eigenvalue weighted by molar-refractivity contribution is 5.79. The fraction of sp³-hybridized carbons (Fsp3) is 0.258. The van der Waals surface area contributed by atoms with Crippen LogP contribution in [0, 0.1) is 6.92 Å². The number of H-pyrrole nitrogens is 1. The second kappa shape index (κ2) is 10.1. The Morgan fingerprint density at radius 3 is 2.55 bits per heavy atom. The minimum absolute atomic E-state index is 0.235. The predicted molar refractivity (Wildman–Crippen MR) is 153 cm³/mol. The van der Waals surface area contributed by atoms with Gasteiger partial charge in [0.1, 0.15) is 11.9 Å². The van der Waals surface area contributed by atoms with E-state index in [1.807, 2.05) is 19.1 Å². The lowest BCUT2D eigenvalue weighted by Gasteiger charge is -2.23. The summed E-state index contributed by atoms with van der Waals surface area (Å²) >= 11 is 0. The first-order valence-corrected chi connectivity index (χ1v) is 13.4. The summed E-state index contributed by atoms with van der Waals surface area (Å²) in [5.74, 6) is -0.880. The molecule has 1 fully saturated rings. The van der Waals surface area contributed by atoms with E-state index < -0.39 is 29.2 Å². The molecule has 1 aliphatic heterocycles. The number of fused-ring (bicyclic) bond motifs is 2. The van der Waals surface area contributed by atoms with E-state index in [-0.39, 0.29) is 11.8 Å². The molecule has 1 unspecified atom stereocenters. The standard InChI is InChI=1S/C31H29N5O4/c1-3-19-7-11-23-21(16-19)9-8-20-15-18(2)6-10-22(20)27(23)24-17-36(31(40)34-28(24)37)26-12-13-32-30(33-26)35-14-4-5-25(35)29(38)39/h6-13,15-17,25,27H,3-5,14H2,1-2H3,(H,38,39)(H,34,37,40)/t25-,27?/m0/s1. The van der Waals surface area contributed by atoms with Gasteiger partial charge in [-0.3, -0.25) is 14.3 Å². The van der Waals surface area contributed by atoms with Gasteiger partial charge in [0.15, 0.2) is 0 Å². The van der Waals surface area contributed by atoms with E-state index in [4.69, 9.17) is 0 Å². The highest BCUT2D eigenvalue weighted by Gasteiger charge is 2.33. The van der Waals surface area contributed by atoms with Crippen LogP contribution in [0.3, 0.4) is 0 Å². The van der Waals surface area contributed by atoms with Crippen molar-refractivity contribution in [1.29, 1.82) is 0 Å². The first kappa shape index (κ1) is 25.5.